The Morgan fingerprint density at radius 3 is 1.45 bits per heavy atom. The van der Waals surface area contributed by atoms with Crippen molar-refractivity contribution in [3.8, 4) is 0 Å². The summed E-state index contributed by atoms with van der Waals surface area (Å²) in [7, 11) is 0. The number of aliphatic hydroxyl groups excluding tert-OH is 8. The first-order chi connectivity index (χ1) is 30.1. The fourth-order valence-corrected chi connectivity index (χ4v) is 8.05. The largest absolute Gasteiger partial charge is 0.394 e. The molecule has 12 nitrogen and oxygen atoms in total. The molecule has 1 aliphatic heterocycles. The summed E-state index contributed by atoms with van der Waals surface area (Å²) in [6, 6.07) is -1.37. The predicted molar refractivity (Wildman–Crippen MR) is 248 cm³/mol. The molecule has 0 aromatic carbocycles. The van der Waals surface area contributed by atoms with Crippen LogP contribution in [0.3, 0.4) is 0 Å². The van der Waals surface area contributed by atoms with E-state index in [2.05, 4.69) is 31.3 Å². The molecule has 0 aliphatic carbocycles. The van der Waals surface area contributed by atoms with Crippen LogP contribution in [0.5, 0.6) is 0 Å². The van der Waals surface area contributed by atoms with Gasteiger partial charge in [-0.2, -0.15) is 0 Å². The van der Waals surface area contributed by atoms with Gasteiger partial charge in [0.25, 0.3) is 0 Å². The lowest BCUT2D eigenvalue weighted by Gasteiger charge is -2.40. The van der Waals surface area contributed by atoms with Crippen molar-refractivity contribution < 1.29 is 55.1 Å². The highest BCUT2D eigenvalue weighted by atomic mass is 16.7. The molecule has 1 fully saturated rings. The van der Waals surface area contributed by atoms with Crippen LogP contribution in [0.1, 0.15) is 213 Å². The summed E-state index contributed by atoms with van der Waals surface area (Å²) in [6.07, 6.45) is 29.6. The minimum absolute atomic E-state index is 0.199. The number of aliphatic hydroxyl groups is 8. The highest BCUT2D eigenvalue weighted by Gasteiger charge is 2.45. The molecule has 1 amide bonds. The third kappa shape index (κ3) is 28.5. The summed E-state index contributed by atoms with van der Waals surface area (Å²) >= 11 is 0. The van der Waals surface area contributed by atoms with E-state index in [4.69, 9.17) is 9.47 Å². The molecule has 9 N–H and O–H groups in total. The molecule has 1 saturated heterocycles. The third-order valence-corrected chi connectivity index (χ3v) is 12.3. The smallest absolute Gasteiger partial charge is 0.249 e. The van der Waals surface area contributed by atoms with Crippen molar-refractivity contribution in [3.05, 3.63) is 24.3 Å². The first kappa shape index (κ1) is 58.6. The Bertz CT molecular complexity index is 1080. The standard InChI is InChI=1S/C50H95NO11/c1-3-5-7-9-11-13-15-16-17-18-19-20-21-22-23-24-25-27-29-31-33-35-37-42(54)49(60)51-40(39-61-50-48(59)47(58)46(57)43(38-52)62-50)44(55)45(56)41(53)36-34-32-30-28-26-14-12-10-8-6-4-2/h13,15,34,36,40-48,50,52-59H,3-12,14,16-33,35,37-39H2,1-2H3,(H,51,60). The minimum atomic E-state index is -1.77. The quantitative estimate of drug-likeness (QED) is 0.0212. The van der Waals surface area contributed by atoms with Crippen LogP contribution in [0.4, 0.5) is 0 Å². The van der Waals surface area contributed by atoms with Gasteiger partial charge < -0.3 is 55.6 Å². The molecule has 0 bridgehead atoms. The number of amides is 1. The first-order valence-corrected chi connectivity index (χ1v) is 25.3. The summed E-state index contributed by atoms with van der Waals surface area (Å²) in [5, 5.41) is 86.3. The van der Waals surface area contributed by atoms with Gasteiger partial charge in [-0.3, -0.25) is 4.79 Å². The fourth-order valence-electron chi connectivity index (χ4n) is 8.05. The zero-order valence-corrected chi connectivity index (χ0v) is 39.2. The molecule has 1 aliphatic rings. The number of nitrogens with one attached hydrogen (secondary N) is 1. The van der Waals surface area contributed by atoms with Crippen molar-refractivity contribution in [2.24, 2.45) is 0 Å². The molecular weight excluding hydrogens is 791 g/mol. The molecule has 1 rings (SSSR count). The van der Waals surface area contributed by atoms with Crippen LogP contribution in [0.2, 0.25) is 0 Å². The molecule has 10 atom stereocenters. The van der Waals surface area contributed by atoms with Gasteiger partial charge in [-0.15, -0.1) is 0 Å². The second-order valence-corrected chi connectivity index (χ2v) is 18.0. The normalized spacial score (nSPS) is 22.0. The molecular formula is C50H95NO11. The SMILES string of the molecule is CCCCCCC=CCCCCCCCCCCCCCCCCC(O)C(=O)NC(COC1OC(CO)C(O)C(O)C1O)C(O)C(O)C(O)C=CCCCCCCCCCCC. The lowest BCUT2D eigenvalue weighted by atomic mass is 9.98. The average molecular weight is 886 g/mol. The van der Waals surface area contributed by atoms with Crippen LogP contribution in [0.25, 0.3) is 0 Å². The fraction of sp³-hybridized carbons (Fsp3) is 0.900. The van der Waals surface area contributed by atoms with Crippen LogP contribution in [0.15, 0.2) is 24.3 Å². The second kappa shape index (κ2) is 39.9. The second-order valence-electron chi connectivity index (χ2n) is 18.0. The number of unbranched alkanes of at least 4 members (excludes halogenated alkanes) is 27. The van der Waals surface area contributed by atoms with Crippen molar-refractivity contribution in [2.45, 2.75) is 274 Å². The van der Waals surface area contributed by atoms with E-state index in [1.54, 1.807) is 6.08 Å². The summed E-state index contributed by atoms with van der Waals surface area (Å²) < 4.78 is 11.0. The third-order valence-electron chi connectivity index (χ3n) is 12.3. The van der Waals surface area contributed by atoms with E-state index in [9.17, 15) is 45.6 Å². The summed E-state index contributed by atoms with van der Waals surface area (Å²) in [6.45, 7) is 3.22. The van der Waals surface area contributed by atoms with Gasteiger partial charge in [0.15, 0.2) is 6.29 Å². The van der Waals surface area contributed by atoms with Crippen LogP contribution in [-0.4, -0.2) is 121 Å². The Morgan fingerprint density at radius 1 is 0.565 bits per heavy atom. The maximum Gasteiger partial charge on any atom is 0.249 e. The van der Waals surface area contributed by atoms with Crippen LogP contribution in [-0.2, 0) is 14.3 Å². The topological polar surface area (TPSA) is 209 Å². The minimum Gasteiger partial charge on any atom is -0.394 e. The maximum atomic E-state index is 13.1. The Balaban J connectivity index is 2.42. The highest BCUT2D eigenvalue weighted by molar-refractivity contribution is 5.80. The molecule has 0 aromatic heterocycles. The number of carbonyl (C=O) groups excluding carboxylic acids is 1. The predicted octanol–water partition coefficient (Wildman–Crippen LogP) is 7.98. The maximum absolute atomic E-state index is 13.1. The zero-order valence-electron chi connectivity index (χ0n) is 39.2. The number of carbonyl (C=O) groups is 1. The molecule has 1 heterocycles. The zero-order chi connectivity index (χ0) is 45.6. The van der Waals surface area contributed by atoms with Gasteiger partial charge in [0.1, 0.15) is 48.8 Å². The van der Waals surface area contributed by atoms with Gasteiger partial charge >= 0.3 is 0 Å². The highest BCUT2D eigenvalue weighted by Crippen LogP contribution is 2.23. The average Bonchev–Trinajstić information content (AvgIpc) is 3.27. The Kier molecular flexibility index (Phi) is 37.7. The van der Waals surface area contributed by atoms with Crippen molar-refractivity contribution in [2.75, 3.05) is 13.2 Å². The molecule has 0 aromatic rings. The lowest BCUT2D eigenvalue weighted by Crippen LogP contribution is -2.60. The van der Waals surface area contributed by atoms with Gasteiger partial charge in [0, 0.05) is 0 Å². The molecule has 0 saturated carbocycles. The van der Waals surface area contributed by atoms with Crippen molar-refractivity contribution in [1.29, 1.82) is 0 Å². The summed E-state index contributed by atoms with van der Waals surface area (Å²) in [5.74, 6) is -0.797. The van der Waals surface area contributed by atoms with Gasteiger partial charge in [-0.05, 0) is 44.9 Å². The van der Waals surface area contributed by atoms with E-state index in [0.29, 0.717) is 12.8 Å². The van der Waals surface area contributed by atoms with Crippen molar-refractivity contribution >= 4 is 5.91 Å². The van der Waals surface area contributed by atoms with E-state index >= 15 is 0 Å². The van der Waals surface area contributed by atoms with Crippen LogP contribution >= 0.6 is 0 Å². The number of rotatable bonds is 42. The van der Waals surface area contributed by atoms with Crippen molar-refractivity contribution in [3.63, 3.8) is 0 Å². The first-order valence-electron chi connectivity index (χ1n) is 25.3. The Labute approximate surface area is 377 Å². The van der Waals surface area contributed by atoms with E-state index in [-0.39, 0.29) is 6.42 Å². The molecule has 0 radical (unpaired) electrons. The van der Waals surface area contributed by atoms with E-state index in [0.717, 1.165) is 38.5 Å². The Morgan fingerprint density at radius 2 is 0.984 bits per heavy atom. The van der Waals surface area contributed by atoms with Crippen LogP contribution < -0.4 is 5.32 Å². The van der Waals surface area contributed by atoms with Crippen LogP contribution in [0, 0.1) is 0 Å². The molecule has 62 heavy (non-hydrogen) atoms. The van der Waals surface area contributed by atoms with E-state index in [1.165, 1.54) is 147 Å². The lowest BCUT2D eigenvalue weighted by molar-refractivity contribution is -0.303. The van der Waals surface area contributed by atoms with Gasteiger partial charge in [-0.25, -0.2) is 0 Å². The Hall–Kier alpha value is -1.45. The van der Waals surface area contributed by atoms with Gasteiger partial charge in [0.05, 0.1) is 19.3 Å². The molecule has 10 unspecified atom stereocenters. The summed E-state index contributed by atoms with van der Waals surface area (Å²) in [4.78, 5) is 13.1. The molecule has 366 valence electrons. The monoisotopic (exact) mass is 886 g/mol. The summed E-state index contributed by atoms with van der Waals surface area (Å²) in [5.41, 5.74) is 0. The van der Waals surface area contributed by atoms with Gasteiger partial charge in [0.2, 0.25) is 5.91 Å². The molecule has 12 heteroatoms. The molecule has 0 spiro atoms. The van der Waals surface area contributed by atoms with E-state index in [1.807, 2.05) is 0 Å². The van der Waals surface area contributed by atoms with E-state index < -0.39 is 80.3 Å². The van der Waals surface area contributed by atoms with Crippen molar-refractivity contribution in [1.82, 2.24) is 5.32 Å². The number of hydrogen-bond donors (Lipinski definition) is 9. The number of ether oxygens (including phenoxy) is 2. The number of hydrogen-bond acceptors (Lipinski definition) is 11. The number of allylic oxidation sites excluding steroid dienone is 3. The van der Waals surface area contributed by atoms with Gasteiger partial charge in [-0.1, -0.05) is 192 Å².